The zero-order chi connectivity index (χ0) is 14.5. The second-order valence-electron chi connectivity index (χ2n) is 4.08. The number of nitro benzene ring substituents is 1. The van der Waals surface area contributed by atoms with Gasteiger partial charge in [-0.1, -0.05) is 23.7 Å². The van der Waals surface area contributed by atoms with E-state index in [1.54, 1.807) is 31.4 Å². The highest BCUT2D eigenvalue weighted by molar-refractivity contribution is 6.31. The van der Waals surface area contributed by atoms with Crippen molar-refractivity contribution in [3.63, 3.8) is 0 Å². The van der Waals surface area contributed by atoms with Crippen LogP contribution in [-0.4, -0.2) is 12.0 Å². The summed E-state index contributed by atoms with van der Waals surface area (Å²) in [4.78, 5) is 10.3. The van der Waals surface area contributed by atoms with E-state index in [-0.39, 0.29) is 5.69 Å². The number of non-ortho nitro benzene ring substituents is 1. The van der Waals surface area contributed by atoms with Crippen LogP contribution in [0.4, 0.5) is 11.4 Å². The van der Waals surface area contributed by atoms with E-state index >= 15 is 0 Å². The molecule has 6 heteroatoms. The number of rotatable bonds is 5. The van der Waals surface area contributed by atoms with E-state index in [4.69, 9.17) is 16.3 Å². The topological polar surface area (TPSA) is 64.4 Å². The van der Waals surface area contributed by atoms with Gasteiger partial charge in [0.25, 0.3) is 5.69 Å². The average molecular weight is 293 g/mol. The van der Waals surface area contributed by atoms with Gasteiger partial charge >= 0.3 is 0 Å². The molecule has 2 rings (SSSR count). The molecule has 0 bridgehead atoms. The molecule has 0 spiro atoms. The van der Waals surface area contributed by atoms with Crippen molar-refractivity contribution in [3.05, 3.63) is 63.2 Å². The molecule has 1 N–H and O–H groups in total. The average Bonchev–Trinajstić information content (AvgIpc) is 2.46. The number of hydrogen-bond acceptors (Lipinski definition) is 4. The van der Waals surface area contributed by atoms with Gasteiger partial charge in [0.1, 0.15) is 5.75 Å². The van der Waals surface area contributed by atoms with Crippen LogP contribution in [0.3, 0.4) is 0 Å². The summed E-state index contributed by atoms with van der Waals surface area (Å²) in [6, 6.07) is 11.7. The number of methoxy groups -OCH3 is 1. The Labute approximate surface area is 121 Å². The molecule has 20 heavy (non-hydrogen) atoms. The largest absolute Gasteiger partial charge is 0.496 e. The number of nitro groups is 1. The number of nitrogens with zero attached hydrogens (tertiary/aromatic N) is 1. The van der Waals surface area contributed by atoms with Gasteiger partial charge in [-0.3, -0.25) is 10.1 Å². The van der Waals surface area contributed by atoms with Gasteiger partial charge in [-0.05, 0) is 18.2 Å². The molecule has 0 heterocycles. The predicted molar refractivity (Wildman–Crippen MR) is 78.4 cm³/mol. The summed E-state index contributed by atoms with van der Waals surface area (Å²) in [5.41, 5.74) is 1.51. The number of hydrogen-bond donors (Lipinski definition) is 1. The van der Waals surface area contributed by atoms with Crippen LogP contribution in [-0.2, 0) is 6.54 Å². The smallest absolute Gasteiger partial charge is 0.271 e. The van der Waals surface area contributed by atoms with Crippen LogP contribution in [0, 0.1) is 10.1 Å². The van der Waals surface area contributed by atoms with Gasteiger partial charge < -0.3 is 10.1 Å². The predicted octanol–water partition coefficient (Wildman–Crippen LogP) is 3.87. The van der Waals surface area contributed by atoms with Gasteiger partial charge in [0.15, 0.2) is 0 Å². The fraction of sp³-hybridized carbons (Fsp3) is 0.143. The molecule has 0 aliphatic carbocycles. The quantitative estimate of drug-likeness (QED) is 0.671. The van der Waals surface area contributed by atoms with E-state index in [2.05, 4.69) is 5.32 Å². The standard InChI is InChI=1S/C14H13ClN2O3/c1-20-14-7-3-6-13(15)12(14)9-16-10-4-2-5-11(8-10)17(18)19/h2-8,16H,9H2,1H3. The van der Waals surface area contributed by atoms with Crippen molar-refractivity contribution in [1.29, 1.82) is 0 Å². The van der Waals surface area contributed by atoms with Gasteiger partial charge in [-0.15, -0.1) is 0 Å². The van der Waals surface area contributed by atoms with Crippen molar-refractivity contribution in [2.24, 2.45) is 0 Å². The molecule has 0 aliphatic heterocycles. The van der Waals surface area contributed by atoms with E-state index in [1.165, 1.54) is 12.1 Å². The van der Waals surface area contributed by atoms with Crippen molar-refractivity contribution < 1.29 is 9.66 Å². The molecule has 2 aromatic carbocycles. The molecule has 5 nitrogen and oxygen atoms in total. The molecule has 0 radical (unpaired) electrons. The summed E-state index contributed by atoms with van der Waals surface area (Å²) in [5.74, 6) is 0.676. The summed E-state index contributed by atoms with van der Waals surface area (Å²) in [5, 5.41) is 14.4. The summed E-state index contributed by atoms with van der Waals surface area (Å²) in [7, 11) is 1.57. The molecule has 0 atom stereocenters. The van der Waals surface area contributed by atoms with Crippen molar-refractivity contribution in [3.8, 4) is 5.75 Å². The fourth-order valence-corrected chi connectivity index (χ4v) is 2.05. The van der Waals surface area contributed by atoms with Crippen LogP contribution in [0.2, 0.25) is 5.02 Å². The molecular formula is C14H13ClN2O3. The Morgan fingerprint density at radius 3 is 2.75 bits per heavy atom. The molecule has 104 valence electrons. The maximum Gasteiger partial charge on any atom is 0.271 e. The summed E-state index contributed by atoms with van der Waals surface area (Å²) in [6.45, 7) is 0.421. The van der Waals surface area contributed by atoms with Crippen LogP contribution in [0.1, 0.15) is 5.56 Å². The molecule has 0 saturated carbocycles. The Morgan fingerprint density at radius 2 is 2.05 bits per heavy atom. The minimum atomic E-state index is -0.429. The molecule has 0 aromatic heterocycles. The van der Waals surface area contributed by atoms with Crippen LogP contribution in [0.15, 0.2) is 42.5 Å². The first-order valence-corrected chi connectivity index (χ1v) is 6.29. The molecule has 2 aromatic rings. The Kier molecular flexibility index (Phi) is 4.42. The third-order valence-electron chi connectivity index (χ3n) is 2.82. The number of anilines is 1. The monoisotopic (exact) mass is 292 g/mol. The van der Waals surface area contributed by atoms with Gasteiger partial charge in [-0.25, -0.2) is 0 Å². The Bertz CT molecular complexity index is 632. The maximum absolute atomic E-state index is 10.7. The summed E-state index contributed by atoms with van der Waals surface area (Å²) >= 11 is 6.13. The highest BCUT2D eigenvalue weighted by Gasteiger charge is 2.09. The number of benzene rings is 2. The SMILES string of the molecule is COc1cccc(Cl)c1CNc1cccc([N+](=O)[O-])c1. The molecule has 0 amide bonds. The Morgan fingerprint density at radius 1 is 1.30 bits per heavy atom. The van der Waals surface area contributed by atoms with Crippen LogP contribution in [0.5, 0.6) is 5.75 Å². The first-order chi connectivity index (χ1) is 9.61. The fourth-order valence-electron chi connectivity index (χ4n) is 1.82. The normalized spacial score (nSPS) is 10.1. The lowest BCUT2D eigenvalue weighted by molar-refractivity contribution is -0.384. The molecule has 0 aliphatic rings. The van der Waals surface area contributed by atoms with E-state index in [9.17, 15) is 10.1 Å². The molecule has 0 unspecified atom stereocenters. The lowest BCUT2D eigenvalue weighted by Gasteiger charge is -2.12. The number of halogens is 1. The second-order valence-corrected chi connectivity index (χ2v) is 4.49. The Balaban J connectivity index is 2.17. The van der Waals surface area contributed by atoms with Gasteiger partial charge in [0, 0.05) is 35.0 Å². The van der Waals surface area contributed by atoms with Gasteiger partial charge in [-0.2, -0.15) is 0 Å². The molecule has 0 saturated heterocycles. The van der Waals surface area contributed by atoms with E-state index in [0.29, 0.717) is 23.0 Å². The lowest BCUT2D eigenvalue weighted by atomic mass is 10.2. The summed E-state index contributed by atoms with van der Waals surface area (Å²) in [6.07, 6.45) is 0. The first kappa shape index (κ1) is 14.1. The van der Waals surface area contributed by atoms with E-state index in [1.807, 2.05) is 6.07 Å². The zero-order valence-electron chi connectivity index (χ0n) is 10.8. The van der Waals surface area contributed by atoms with Crippen molar-refractivity contribution in [2.75, 3.05) is 12.4 Å². The highest BCUT2D eigenvalue weighted by atomic mass is 35.5. The van der Waals surface area contributed by atoms with Crippen molar-refractivity contribution in [2.45, 2.75) is 6.54 Å². The summed E-state index contributed by atoms with van der Waals surface area (Å²) < 4.78 is 5.24. The minimum absolute atomic E-state index is 0.0427. The maximum atomic E-state index is 10.7. The van der Waals surface area contributed by atoms with Gasteiger partial charge in [0.2, 0.25) is 0 Å². The van der Waals surface area contributed by atoms with E-state index < -0.39 is 4.92 Å². The minimum Gasteiger partial charge on any atom is -0.496 e. The van der Waals surface area contributed by atoms with E-state index in [0.717, 1.165) is 5.56 Å². The number of ether oxygens (including phenoxy) is 1. The third kappa shape index (κ3) is 3.19. The molecular weight excluding hydrogens is 280 g/mol. The van der Waals surface area contributed by atoms with Crippen LogP contribution < -0.4 is 10.1 Å². The highest BCUT2D eigenvalue weighted by Crippen LogP contribution is 2.27. The molecule has 0 fully saturated rings. The van der Waals surface area contributed by atoms with Crippen molar-refractivity contribution >= 4 is 23.0 Å². The number of nitrogens with one attached hydrogen (secondary N) is 1. The zero-order valence-corrected chi connectivity index (χ0v) is 11.6. The first-order valence-electron chi connectivity index (χ1n) is 5.91. The van der Waals surface area contributed by atoms with Crippen LogP contribution in [0.25, 0.3) is 0 Å². The second kappa shape index (κ2) is 6.25. The van der Waals surface area contributed by atoms with Gasteiger partial charge in [0.05, 0.1) is 12.0 Å². The third-order valence-corrected chi connectivity index (χ3v) is 3.18. The Hall–Kier alpha value is -2.27. The van der Waals surface area contributed by atoms with Crippen molar-refractivity contribution in [1.82, 2.24) is 0 Å². The van der Waals surface area contributed by atoms with Crippen LogP contribution >= 0.6 is 11.6 Å². The lowest BCUT2D eigenvalue weighted by Crippen LogP contribution is -2.03.